The zero-order chi connectivity index (χ0) is 21.1. The third kappa shape index (κ3) is 28.4. The van der Waals surface area contributed by atoms with Crippen LogP contribution in [0, 0.1) is 0 Å². The third-order valence-corrected chi connectivity index (χ3v) is 7.60. The molecule has 0 nitrogen and oxygen atoms in total. The van der Waals surface area contributed by atoms with E-state index in [4.69, 9.17) is 0 Å². The average molecular weight is 426 g/mol. The first-order valence-corrected chi connectivity index (χ1v) is 15.3. The molecular weight excluding hydrogens is 367 g/mol. The van der Waals surface area contributed by atoms with Crippen molar-refractivity contribution >= 4 is 8.58 Å². The first kappa shape index (κ1) is 29.4. The molecule has 0 aliphatic heterocycles. The molecule has 0 atom stereocenters. The van der Waals surface area contributed by atoms with Gasteiger partial charge in [-0.2, -0.15) is 0 Å². The summed E-state index contributed by atoms with van der Waals surface area (Å²) in [6, 6.07) is 0. The summed E-state index contributed by atoms with van der Waals surface area (Å²) in [5, 5.41) is 0. The highest BCUT2D eigenvalue weighted by molar-refractivity contribution is 7.37. The zero-order valence-electron chi connectivity index (χ0n) is 20.8. The fourth-order valence-corrected chi connectivity index (χ4v) is 5.36. The van der Waals surface area contributed by atoms with E-state index in [9.17, 15) is 0 Å². The van der Waals surface area contributed by atoms with Crippen molar-refractivity contribution < 1.29 is 0 Å². The van der Waals surface area contributed by atoms with Crippen LogP contribution >= 0.6 is 8.58 Å². The molecular formula is C28H58P. The molecule has 0 aliphatic carbocycles. The van der Waals surface area contributed by atoms with E-state index in [-0.39, 0.29) is 0 Å². The standard InChI is InChI=1S/C28H58P/c1-3-5-7-9-11-13-15-17-19-21-23-25-27-29-28-26-24-22-20-18-16-14-12-10-8-6-4-2/h3-28H2,1-2H3. The lowest BCUT2D eigenvalue weighted by molar-refractivity contribution is 0.547. The Labute approximate surface area is 189 Å². The largest absolute Gasteiger partial charge is 0.0810 e. The zero-order valence-corrected chi connectivity index (χ0v) is 21.7. The van der Waals surface area contributed by atoms with Gasteiger partial charge in [-0.15, -0.1) is 0 Å². The number of rotatable bonds is 26. The van der Waals surface area contributed by atoms with Crippen LogP contribution < -0.4 is 0 Å². The van der Waals surface area contributed by atoms with E-state index in [2.05, 4.69) is 13.8 Å². The maximum Gasteiger partial charge on any atom is -0.0287 e. The molecule has 0 aromatic rings. The molecule has 0 aromatic heterocycles. The molecule has 0 unspecified atom stereocenters. The summed E-state index contributed by atoms with van der Waals surface area (Å²) in [6.07, 6.45) is 38.3. The molecule has 1 heteroatoms. The Balaban J connectivity index is 2.97. The van der Waals surface area contributed by atoms with Crippen molar-refractivity contribution in [3.8, 4) is 0 Å². The van der Waals surface area contributed by atoms with Crippen LogP contribution in [0.25, 0.3) is 0 Å². The lowest BCUT2D eigenvalue weighted by Crippen LogP contribution is -1.86. The van der Waals surface area contributed by atoms with Crippen molar-refractivity contribution in [3.63, 3.8) is 0 Å². The fraction of sp³-hybridized carbons (Fsp3) is 1.00. The molecule has 0 amide bonds. The second-order valence-corrected chi connectivity index (χ2v) is 10.8. The number of hydrogen-bond donors (Lipinski definition) is 0. The molecule has 0 aromatic carbocycles. The van der Waals surface area contributed by atoms with Gasteiger partial charge in [0.2, 0.25) is 0 Å². The van der Waals surface area contributed by atoms with Crippen molar-refractivity contribution in [2.45, 2.75) is 168 Å². The molecule has 0 rings (SSSR count). The van der Waals surface area contributed by atoms with Gasteiger partial charge in [0.25, 0.3) is 0 Å². The van der Waals surface area contributed by atoms with Gasteiger partial charge in [-0.3, -0.25) is 0 Å². The van der Waals surface area contributed by atoms with E-state index in [0.29, 0.717) is 0 Å². The van der Waals surface area contributed by atoms with Crippen molar-refractivity contribution in [1.82, 2.24) is 0 Å². The minimum atomic E-state index is 1.37. The molecule has 0 bridgehead atoms. The van der Waals surface area contributed by atoms with Gasteiger partial charge in [0.15, 0.2) is 0 Å². The van der Waals surface area contributed by atoms with E-state index in [1.807, 2.05) is 0 Å². The van der Waals surface area contributed by atoms with Crippen LogP contribution in [-0.2, 0) is 0 Å². The fourth-order valence-electron chi connectivity index (χ4n) is 4.24. The van der Waals surface area contributed by atoms with Crippen LogP contribution in [0.2, 0.25) is 0 Å². The molecule has 1 radical (unpaired) electrons. The van der Waals surface area contributed by atoms with Crippen molar-refractivity contribution in [2.24, 2.45) is 0 Å². The van der Waals surface area contributed by atoms with Crippen molar-refractivity contribution in [1.29, 1.82) is 0 Å². The quantitative estimate of drug-likeness (QED) is 0.0954. The maximum absolute atomic E-state index is 2.30. The molecule has 0 N–H and O–H groups in total. The highest BCUT2D eigenvalue weighted by atomic mass is 31.1. The van der Waals surface area contributed by atoms with Gasteiger partial charge in [-0.25, -0.2) is 0 Å². The van der Waals surface area contributed by atoms with Gasteiger partial charge >= 0.3 is 0 Å². The highest BCUT2D eigenvalue weighted by Gasteiger charge is 1.96. The molecule has 0 fully saturated rings. The topological polar surface area (TPSA) is 0 Å². The van der Waals surface area contributed by atoms with Crippen LogP contribution in [0.3, 0.4) is 0 Å². The van der Waals surface area contributed by atoms with Gasteiger partial charge in [0.05, 0.1) is 0 Å². The number of hydrogen-bond acceptors (Lipinski definition) is 0. The lowest BCUT2D eigenvalue weighted by atomic mass is 10.1. The average Bonchev–Trinajstić information content (AvgIpc) is 2.74. The lowest BCUT2D eigenvalue weighted by Gasteiger charge is -2.04. The predicted molar refractivity (Wildman–Crippen MR) is 139 cm³/mol. The second kappa shape index (κ2) is 28.4. The van der Waals surface area contributed by atoms with E-state index in [1.54, 1.807) is 8.58 Å². The van der Waals surface area contributed by atoms with Gasteiger partial charge in [0, 0.05) is 0 Å². The molecule has 0 aliphatic rings. The molecule has 0 spiro atoms. The Kier molecular flexibility index (Phi) is 28.9. The summed E-state index contributed by atoms with van der Waals surface area (Å²) < 4.78 is 0. The summed E-state index contributed by atoms with van der Waals surface area (Å²) in [5.74, 6) is 0. The number of unbranched alkanes of at least 4 members (excludes halogenated alkanes) is 22. The van der Waals surface area contributed by atoms with E-state index in [0.717, 1.165) is 0 Å². The van der Waals surface area contributed by atoms with Crippen molar-refractivity contribution in [2.75, 3.05) is 12.3 Å². The van der Waals surface area contributed by atoms with Gasteiger partial charge in [-0.1, -0.05) is 164 Å². The smallest absolute Gasteiger partial charge is 0.0287 e. The normalized spacial score (nSPS) is 11.4. The van der Waals surface area contributed by atoms with Gasteiger partial charge in [-0.05, 0) is 25.2 Å². The van der Waals surface area contributed by atoms with E-state index in [1.165, 1.54) is 166 Å². The maximum atomic E-state index is 2.30. The summed E-state index contributed by atoms with van der Waals surface area (Å²) >= 11 is 0. The van der Waals surface area contributed by atoms with Crippen LogP contribution in [0.4, 0.5) is 0 Å². The van der Waals surface area contributed by atoms with Crippen molar-refractivity contribution in [3.05, 3.63) is 0 Å². The molecule has 29 heavy (non-hydrogen) atoms. The summed E-state index contributed by atoms with van der Waals surface area (Å²) in [6.45, 7) is 4.61. The molecule has 175 valence electrons. The monoisotopic (exact) mass is 425 g/mol. The SMILES string of the molecule is CCCCCCCCCCCCCC[P]CCCCCCCCCCCCCC. The first-order valence-electron chi connectivity index (χ1n) is 14.0. The Morgan fingerprint density at radius 1 is 0.276 bits per heavy atom. The molecule has 0 saturated heterocycles. The minimum absolute atomic E-state index is 1.37. The van der Waals surface area contributed by atoms with Crippen LogP contribution in [0.5, 0.6) is 0 Å². The van der Waals surface area contributed by atoms with Gasteiger partial charge < -0.3 is 0 Å². The molecule has 0 heterocycles. The minimum Gasteiger partial charge on any atom is -0.0810 e. The third-order valence-electron chi connectivity index (χ3n) is 6.34. The summed E-state index contributed by atoms with van der Waals surface area (Å²) in [7, 11) is 1.74. The van der Waals surface area contributed by atoms with E-state index < -0.39 is 0 Å². The Bertz CT molecular complexity index is 237. The second-order valence-electron chi connectivity index (χ2n) is 9.45. The van der Waals surface area contributed by atoms with Crippen LogP contribution in [0.15, 0.2) is 0 Å². The van der Waals surface area contributed by atoms with Gasteiger partial charge in [0.1, 0.15) is 0 Å². The Morgan fingerprint density at radius 3 is 0.724 bits per heavy atom. The van der Waals surface area contributed by atoms with Crippen LogP contribution in [-0.4, -0.2) is 12.3 Å². The Morgan fingerprint density at radius 2 is 0.483 bits per heavy atom. The summed E-state index contributed by atoms with van der Waals surface area (Å²) in [5.41, 5.74) is 0. The van der Waals surface area contributed by atoms with E-state index >= 15 is 0 Å². The highest BCUT2D eigenvalue weighted by Crippen LogP contribution is 2.19. The summed E-state index contributed by atoms with van der Waals surface area (Å²) in [4.78, 5) is 0. The Hall–Kier alpha value is 0.430. The predicted octanol–water partition coefficient (Wildman–Crippen LogP) is 11.3. The molecule has 0 saturated carbocycles. The van der Waals surface area contributed by atoms with Crippen LogP contribution in [0.1, 0.15) is 168 Å². The first-order chi connectivity index (χ1) is 14.4.